The molecule has 0 bridgehead atoms. The minimum Gasteiger partial charge on any atom is -0.493 e. The van der Waals surface area contributed by atoms with Gasteiger partial charge in [-0.3, -0.25) is 14.2 Å². The molecule has 0 atom stereocenters. The lowest BCUT2D eigenvalue weighted by molar-refractivity contribution is 0.0912. The van der Waals surface area contributed by atoms with E-state index in [1.54, 1.807) is 25.4 Å². The highest BCUT2D eigenvalue weighted by molar-refractivity contribution is 5.94. The van der Waals surface area contributed by atoms with Gasteiger partial charge in [0.05, 0.1) is 18.2 Å². The molecule has 7 heteroatoms. The van der Waals surface area contributed by atoms with Crippen LogP contribution in [0.4, 0.5) is 0 Å². The molecule has 2 aromatic heterocycles. The van der Waals surface area contributed by atoms with Gasteiger partial charge in [-0.1, -0.05) is 17.7 Å². The van der Waals surface area contributed by atoms with Gasteiger partial charge in [-0.2, -0.15) is 0 Å². The van der Waals surface area contributed by atoms with Crippen molar-refractivity contribution in [2.45, 2.75) is 58.6 Å². The maximum absolute atomic E-state index is 13.3. The van der Waals surface area contributed by atoms with Crippen molar-refractivity contribution in [3.8, 4) is 17.3 Å². The minimum atomic E-state index is -0.564. The van der Waals surface area contributed by atoms with Crippen molar-refractivity contribution < 1.29 is 14.3 Å². The van der Waals surface area contributed by atoms with Crippen LogP contribution in [0.25, 0.3) is 16.7 Å². The van der Waals surface area contributed by atoms with Gasteiger partial charge >= 0.3 is 0 Å². The number of hydrogen-bond donors (Lipinski definition) is 1. The van der Waals surface area contributed by atoms with Crippen molar-refractivity contribution >= 4 is 16.8 Å². The van der Waals surface area contributed by atoms with Gasteiger partial charge in [0.25, 0.3) is 11.5 Å². The van der Waals surface area contributed by atoms with Crippen molar-refractivity contribution in [2.75, 3.05) is 7.11 Å². The second kappa shape index (κ2) is 9.31. The number of carbonyl (C=O) groups excluding carboxylic acids is 1. The van der Waals surface area contributed by atoms with Gasteiger partial charge in [0, 0.05) is 35.2 Å². The Morgan fingerprint density at radius 3 is 2.68 bits per heavy atom. The maximum Gasteiger partial charge on any atom is 0.256 e. The van der Waals surface area contributed by atoms with Gasteiger partial charge in [0.15, 0.2) is 11.5 Å². The van der Waals surface area contributed by atoms with Gasteiger partial charge in [0.2, 0.25) is 0 Å². The molecule has 0 unspecified atom stereocenters. The molecular formula is C31H33N3O4. The lowest BCUT2D eigenvalue weighted by Crippen LogP contribution is -2.45. The van der Waals surface area contributed by atoms with Crippen LogP contribution >= 0.6 is 0 Å². The minimum absolute atomic E-state index is 0.254. The van der Waals surface area contributed by atoms with E-state index in [4.69, 9.17) is 9.47 Å². The number of nitrogens with one attached hydrogen (secondary N) is 1. The number of hydrogen-bond acceptors (Lipinski definition) is 5. The van der Waals surface area contributed by atoms with E-state index in [9.17, 15) is 9.59 Å². The molecule has 0 saturated carbocycles. The molecule has 7 nitrogen and oxygen atoms in total. The second-order valence-corrected chi connectivity index (χ2v) is 11.3. The SMILES string of the molecule is COc1cc(CC(C)(C)NC(=O)c2ccc(=O)n(-c3ccc4cc(C)ccc4n3)c2)cc2c1OC(C)(C)C2. The van der Waals surface area contributed by atoms with Crippen molar-refractivity contribution in [1.82, 2.24) is 14.9 Å². The summed E-state index contributed by atoms with van der Waals surface area (Å²) in [4.78, 5) is 30.6. The van der Waals surface area contributed by atoms with E-state index < -0.39 is 5.54 Å². The average Bonchev–Trinajstić information content (AvgIpc) is 3.16. The zero-order chi connectivity index (χ0) is 27.2. The van der Waals surface area contributed by atoms with E-state index in [1.807, 2.05) is 51.1 Å². The van der Waals surface area contributed by atoms with E-state index in [2.05, 4.69) is 30.2 Å². The predicted molar refractivity (Wildman–Crippen MR) is 149 cm³/mol. The summed E-state index contributed by atoms with van der Waals surface area (Å²) in [6.45, 7) is 10.1. The molecule has 1 aliphatic heterocycles. The van der Waals surface area contributed by atoms with Crippen molar-refractivity contribution in [3.63, 3.8) is 0 Å². The summed E-state index contributed by atoms with van der Waals surface area (Å²) < 4.78 is 13.1. The Kier molecular flexibility index (Phi) is 6.25. The molecule has 4 aromatic rings. The van der Waals surface area contributed by atoms with Crippen molar-refractivity contribution in [2.24, 2.45) is 0 Å². The summed E-state index contributed by atoms with van der Waals surface area (Å²) in [5, 5.41) is 4.13. The Balaban J connectivity index is 1.38. The molecular weight excluding hydrogens is 478 g/mol. The largest absolute Gasteiger partial charge is 0.493 e. The van der Waals surface area contributed by atoms with Gasteiger partial charge < -0.3 is 14.8 Å². The Morgan fingerprint density at radius 2 is 1.92 bits per heavy atom. The normalized spacial score (nSPS) is 14.2. The Morgan fingerprint density at radius 1 is 1.13 bits per heavy atom. The van der Waals surface area contributed by atoms with E-state index >= 15 is 0 Å². The summed E-state index contributed by atoms with van der Waals surface area (Å²) in [6.07, 6.45) is 2.94. The molecule has 2 aromatic carbocycles. The predicted octanol–water partition coefficient (Wildman–Crippen LogP) is 5.17. The summed E-state index contributed by atoms with van der Waals surface area (Å²) in [5.41, 5.74) is 3.37. The molecule has 1 N–H and O–H groups in total. The van der Waals surface area contributed by atoms with Crippen LogP contribution in [0.2, 0.25) is 0 Å². The van der Waals surface area contributed by atoms with Crippen molar-refractivity contribution in [1.29, 1.82) is 0 Å². The average molecular weight is 512 g/mol. The van der Waals surface area contributed by atoms with Gasteiger partial charge in [-0.25, -0.2) is 4.98 Å². The zero-order valence-corrected chi connectivity index (χ0v) is 22.7. The first kappa shape index (κ1) is 25.5. The number of fused-ring (bicyclic) bond motifs is 2. The van der Waals surface area contributed by atoms with Crippen LogP contribution in [0.15, 0.2) is 65.6 Å². The third-order valence-corrected chi connectivity index (χ3v) is 6.75. The summed E-state index contributed by atoms with van der Waals surface area (Å²) in [6, 6.07) is 16.7. The molecule has 196 valence electrons. The quantitative estimate of drug-likeness (QED) is 0.386. The molecule has 3 heterocycles. The lowest BCUT2D eigenvalue weighted by Gasteiger charge is -2.27. The smallest absolute Gasteiger partial charge is 0.256 e. The molecule has 0 aliphatic carbocycles. The number of amides is 1. The number of aromatic nitrogens is 2. The third kappa shape index (κ3) is 5.14. The van der Waals surface area contributed by atoms with E-state index in [-0.39, 0.29) is 17.1 Å². The van der Waals surface area contributed by atoms with Crippen LogP contribution in [-0.2, 0) is 12.8 Å². The number of nitrogens with zero attached hydrogens (tertiary/aromatic N) is 2. The molecule has 0 radical (unpaired) electrons. The maximum atomic E-state index is 13.3. The van der Waals surface area contributed by atoms with Crippen LogP contribution in [0.3, 0.4) is 0 Å². The number of benzene rings is 2. The molecule has 0 saturated heterocycles. The standard InChI is InChI=1S/C31H33N3O4/c1-19-7-10-24-21(13-19)8-11-26(32-24)34-18-22(9-12-27(34)35)29(36)33-30(2,3)16-20-14-23-17-31(4,5)38-28(23)25(15-20)37-6/h7-15,18H,16-17H2,1-6H3,(H,33,36). The lowest BCUT2D eigenvalue weighted by atomic mass is 9.92. The fraction of sp³-hybridized carbons (Fsp3) is 0.323. The van der Waals surface area contributed by atoms with Crippen LogP contribution in [0, 0.1) is 6.92 Å². The molecule has 38 heavy (non-hydrogen) atoms. The fourth-order valence-corrected chi connectivity index (χ4v) is 5.10. The topological polar surface area (TPSA) is 82.5 Å². The number of aryl methyl sites for hydroxylation is 1. The first-order valence-electron chi connectivity index (χ1n) is 12.7. The van der Waals surface area contributed by atoms with Crippen LogP contribution < -0.4 is 20.3 Å². The number of carbonyl (C=O) groups is 1. The number of methoxy groups -OCH3 is 1. The Bertz CT molecular complexity index is 1620. The van der Waals surface area contributed by atoms with Crippen LogP contribution in [-0.4, -0.2) is 33.7 Å². The summed E-state index contributed by atoms with van der Waals surface area (Å²) in [7, 11) is 1.64. The molecule has 1 aliphatic rings. The van der Waals surface area contributed by atoms with Crippen LogP contribution in [0.1, 0.15) is 54.7 Å². The second-order valence-electron chi connectivity index (χ2n) is 11.3. The van der Waals surface area contributed by atoms with E-state index in [0.717, 1.165) is 39.8 Å². The molecule has 5 rings (SSSR count). The first-order chi connectivity index (χ1) is 17.9. The molecule has 0 spiro atoms. The van der Waals surface area contributed by atoms with Gasteiger partial charge in [0.1, 0.15) is 11.4 Å². The van der Waals surface area contributed by atoms with Gasteiger partial charge in [-0.15, -0.1) is 0 Å². The third-order valence-electron chi connectivity index (χ3n) is 6.75. The number of ether oxygens (including phenoxy) is 2. The van der Waals surface area contributed by atoms with E-state index in [1.165, 1.54) is 10.6 Å². The highest BCUT2D eigenvalue weighted by Crippen LogP contribution is 2.43. The van der Waals surface area contributed by atoms with Crippen LogP contribution in [0.5, 0.6) is 11.5 Å². The van der Waals surface area contributed by atoms with Crippen molar-refractivity contribution in [3.05, 3.63) is 93.4 Å². The fourth-order valence-electron chi connectivity index (χ4n) is 5.10. The summed E-state index contributed by atoms with van der Waals surface area (Å²) in [5.74, 6) is 1.70. The summed E-state index contributed by atoms with van der Waals surface area (Å²) >= 11 is 0. The zero-order valence-electron chi connectivity index (χ0n) is 22.7. The number of rotatable bonds is 6. The highest BCUT2D eigenvalue weighted by Gasteiger charge is 2.33. The monoisotopic (exact) mass is 511 g/mol. The van der Waals surface area contributed by atoms with Gasteiger partial charge in [-0.05, 0) is 83.0 Å². The first-order valence-corrected chi connectivity index (χ1v) is 12.7. The molecule has 0 fully saturated rings. The van der Waals surface area contributed by atoms with E-state index in [0.29, 0.717) is 23.6 Å². The Labute approximate surface area is 222 Å². The molecule has 1 amide bonds. The highest BCUT2D eigenvalue weighted by atomic mass is 16.5. The Hall–Kier alpha value is -4.13. The number of pyridine rings is 2.